The molecule has 1 fully saturated rings. The molecule has 1 heterocycles. The second-order valence-electron chi connectivity index (χ2n) is 4.35. The molecule has 1 amide bonds. The minimum Gasteiger partial charge on any atom is -0.336 e. The van der Waals surface area contributed by atoms with Crippen LogP contribution in [0, 0.1) is 0 Å². The van der Waals surface area contributed by atoms with Crippen LogP contribution in [-0.4, -0.2) is 39.9 Å². The number of hydrogen-bond acceptors (Lipinski definition) is 4. The van der Waals surface area contributed by atoms with Crippen LogP contribution in [0.5, 0.6) is 0 Å². The lowest BCUT2D eigenvalue weighted by molar-refractivity contribution is 0.0577. The Morgan fingerprint density at radius 1 is 1.41 bits per heavy atom. The van der Waals surface area contributed by atoms with Crippen molar-refractivity contribution in [3.05, 3.63) is 24.3 Å². The number of rotatable bonds is 5. The van der Waals surface area contributed by atoms with Crippen LogP contribution in [0.2, 0.25) is 0 Å². The van der Waals surface area contributed by atoms with E-state index in [1.165, 1.54) is 12.7 Å². The molecule has 0 spiro atoms. The van der Waals surface area contributed by atoms with Gasteiger partial charge < -0.3 is 10.6 Å². The Bertz CT molecular complexity index is 364. The van der Waals surface area contributed by atoms with E-state index in [1.807, 2.05) is 4.90 Å². The fourth-order valence-corrected chi connectivity index (χ4v) is 1.99. The van der Waals surface area contributed by atoms with E-state index in [-0.39, 0.29) is 5.91 Å². The number of carbonyl (C=O) groups is 1. The van der Waals surface area contributed by atoms with Gasteiger partial charge in [-0.3, -0.25) is 4.79 Å². The first kappa shape index (κ1) is 12.0. The van der Waals surface area contributed by atoms with Gasteiger partial charge in [0.1, 0.15) is 6.33 Å². The molecule has 2 rings (SSSR count). The lowest BCUT2D eigenvalue weighted by atomic mass is 9.91. The van der Waals surface area contributed by atoms with Crippen LogP contribution in [0.3, 0.4) is 0 Å². The number of amides is 1. The zero-order valence-electron chi connectivity index (χ0n) is 9.88. The standard InChI is InChI=1S/C12H18N4O/c13-5-2-6-16(11-3-1-4-11)12(17)10-7-14-9-15-8-10/h7-9,11H,1-6,13H2. The molecular formula is C12H18N4O. The number of nitrogens with zero attached hydrogens (tertiary/aromatic N) is 3. The topological polar surface area (TPSA) is 72.1 Å². The Labute approximate surface area is 101 Å². The summed E-state index contributed by atoms with van der Waals surface area (Å²) in [5, 5.41) is 0. The third-order valence-corrected chi connectivity index (χ3v) is 3.19. The van der Waals surface area contributed by atoms with Crippen molar-refractivity contribution in [1.82, 2.24) is 14.9 Å². The van der Waals surface area contributed by atoms with Crippen LogP contribution < -0.4 is 5.73 Å². The zero-order valence-corrected chi connectivity index (χ0v) is 9.88. The van der Waals surface area contributed by atoms with Gasteiger partial charge in [-0.1, -0.05) is 0 Å². The normalized spacial score (nSPS) is 15.4. The van der Waals surface area contributed by atoms with Gasteiger partial charge in [0.2, 0.25) is 0 Å². The molecular weight excluding hydrogens is 216 g/mol. The summed E-state index contributed by atoms with van der Waals surface area (Å²) in [6.45, 7) is 1.34. The van der Waals surface area contributed by atoms with Gasteiger partial charge in [-0.2, -0.15) is 0 Å². The molecule has 1 saturated carbocycles. The van der Waals surface area contributed by atoms with Crippen molar-refractivity contribution in [2.75, 3.05) is 13.1 Å². The Morgan fingerprint density at radius 3 is 2.65 bits per heavy atom. The second-order valence-corrected chi connectivity index (χ2v) is 4.35. The highest BCUT2D eigenvalue weighted by atomic mass is 16.2. The molecule has 1 aliphatic rings. The summed E-state index contributed by atoms with van der Waals surface area (Å²) in [4.78, 5) is 22.0. The summed E-state index contributed by atoms with van der Waals surface area (Å²) in [5.74, 6) is 0.0313. The predicted octanol–water partition coefficient (Wildman–Crippen LogP) is 0.820. The van der Waals surface area contributed by atoms with Crippen LogP contribution in [0.1, 0.15) is 36.0 Å². The second kappa shape index (κ2) is 5.72. The Morgan fingerprint density at radius 2 is 2.12 bits per heavy atom. The van der Waals surface area contributed by atoms with Crippen molar-refractivity contribution in [1.29, 1.82) is 0 Å². The van der Waals surface area contributed by atoms with E-state index >= 15 is 0 Å². The Hall–Kier alpha value is -1.49. The minimum absolute atomic E-state index is 0.0313. The van der Waals surface area contributed by atoms with E-state index in [1.54, 1.807) is 12.4 Å². The molecule has 0 atom stereocenters. The molecule has 0 unspecified atom stereocenters. The highest BCUT2D eigenvalue weighted by Gasteiger charge is 2.29. The number of hydrogen-bond donors (Lipinski definition) is 1. The third-order valence-electron chi connectivity index (χ3n) is 3.19. The van der Waals surface area contributed by atoms with Gasteiger partial charge in [0.05, 0.1) is 5.56 Å². The lowest BCUT2D eigenvalue weighted by Crippen LogP contribution is -2.45. The van der Waals surface area contributed by atoms with E-state index < -0.39 is 0 Å². The van der Waals surface area contributed by atoms with Gasteiger partial charge in [0, 0.05) is 25.0 Å². The monoisotopic (exact) mass is 234 g/mol. The Kier molecular flexibility index (Phi) is 4.03. The maximum atomic E-state index is 12.3. The summed E-state index contributed by atoms with van der Waals surface area (Å²) in [5.41, 5.74) is 6.08. The van der Waals surface area contributed by atoms with Gasteiger partial charge in [-0.15, -0.1) is 0 Å². The van der Waals surface area contributed by atoms with Gasteiger partial charge in [0.15, 0.2) is 0 Å². The first-order valence-corrected chi connectivity index (χ1v) is 6.09. The van der Waals surface area contributed by atoms with Crippen LogP contribution in [0.25, 0.3) is 0 Å². The third kappa shape index (κ3) is 2.79. The van der Waals surface area contributed by atoms with E-state index in [0.29, 0.717) is 18.2 Å². The summed E-state index contributed by atoms with van der Waals surface area (Å²) in [6, 6.07) is 0.384. The minimum atomic E-state index is 0.0313. The van der Waals surface area contributed by atoms with Crippen LogP contribution in [0.4, 0.5) is 0 Å². The Balaban J connectivity index is 2.06. The molecule has 1 aromatic heterocycles. The quantitative estimate of drug-likeness (QED) is 0.818. The molecule has 1 aliphatic carbocycles. The van der Waals surface area contributed by atoms with E-state index in [0.717, 1.165) is 25.8 Å². The van der Waals surface area contributed by atoms with Gasteiger partial charge >= 0.3 is 0 Å². The smallest absolute Gasteiger partial charge is 0.257 e. The predicted molar refractivity (Wildman–Crippen MR) is 64.4 cm³/mol. The summed E-state index contributed by atoms with van der Waals surface area (Å²) in [7, 11) is 0. The maximum Gasteiger partial charge on any atom is 0.257 e. The summed E-state index contributed by atoms with van der Waals surface area (Å²) >= 11 is 0. The van der Waals surface area contributed by atoms with Crippen molar-refractivity contribution >= 4 is 5.91 Å². The van der Waals surface area contributed by atoms with E-state index in [9.17, 15) is 4.79 Å². The van der Waals surface area contributed by atoms with Crippen LogP contribution in [-0.2, 0) is 0 Å². The van der Waals surface area contributed by atoms with Crippen molar-refractivity contribution in [2.24, 2.45) is 5.73 Å². The largest absolute Gasteiger partial charge is 0.336 e. The number of nitrogens with two attached hydrogens (primary N) is 1. The average Bonchev–Trinajstić information content (AvgIpc) is 2.32. The maximum absolute atomic E-state index is 12.3. The van der Waals surface area contributed by atoms with E-state index in [2.05, 4.69) is 9.97 Å². The van der Waals surface area contributed by atoms with Crippen LogP contribution in [0.15, 0.2) is 18.7 Å². The van der Waals surface area contributed by atoms with Gasteiger partial charge in [-0.05, 0) is 32.2 Å². The highest BCUT2D eigenvalue weighted by Crippen LogP contribution is 2.26. The number of carbonyl (C=O) groups excluding carboxylic acids is 1. The average molecular weight is 234 g/mol. The van der Waals surface area contributed by atoms with Gasteiger partial charge in [0.25, 0.3) is 5.91 Å². The van der Waals surface area contributed by atoms with Crippen molar-refractivity contribution in [3.8, 4) is 0 Å². The molecule has 92 valence electrons. The highest BCUT2D eigenvalue weighted by molar-refractivity contribution is 5.93. The van der Waals surface area contributed by atoms with Crippen LogP contribution >= 0.6 is 0 Å². The molecule has 5 heteroatoms. The first-order valence-electron chi connectivity index (χ1n) is 6.09. The zero-order chi connectivity index (χ0) is 12.1. The molecule has 5 nitrogen and oxygen atoms in total. The summed E-state index contributed by atoms with van der Waals surface area (Å²) < 4.78 is 0. The number of aromatic nitrogens is 2. The molecule has 0 radical (unpaired) electrons. The molecule has 0 bridgehead atoms. The van der Waals surface area contributed by atoms with E-state index in [4.69, 9.17) is 5.73 Å². The van der Waals surface area contributed by atoms with Crippen molar-refractivity contribution in [2.45, 2.75) is 31.7 Å². The lowest BCUT2D eigenvalue weighted by Gasteiger charge is -2.37. The molecule has 1 aromatic rings. The first-order chi connectivity index (χ1) is 8.33. The molecule has 0 aliphatic heterocycles. The fraction of sp³-hybridized carbons (Fsp3) is 0.583. The van der Waals surface area contributed by atoms with Crippen molar-refractivity contribution < 1.29 is 4.79 Å². The fourth-order valence-electron chi connectivity index (χ4n) is 1.99. The molecule has 0 saturated heterocycles. The van der Waals surface area contributed by atoms with Gasteiger partial charge in [-0.25, -0.2) is 9.97 Å². The van der Waals surface area contributed by atoms with Crippen molar-refractivity contribution in [3.63, 3.8) is 0 Å². The molecule has 2 N–H and O–H groups in total. The molecule has 17 heavy (non-hydrogen) atoms. The summed E-state index contributed by atoms with van der Waals surface area (Å²) in [6.07, 6.45) is 8.84. The molecule has 0 aromatic carbocycles. The SMILES string of the molecule is NCCCN(C(=O)c1cncnc1)C1CCC1.